The lowest BCUT2D eigenvalue weighted by Crippen LogP contribution is -2.37. The fourth-order valence-electron chi connectivity index (χ4n) is 3.14. The minimum Gasteiger partial charge on any atom is -0.379 e. The molecule has 0 aromatic heterocycles. The highest BCUT2D eigenvalue weighted by molar-refractivity contribution is 5.79. The third kappa shape index (κ3) is 8.19. The Hall–Kier alpha value is -1.59. The van der Waals surface area contributed by atoms with E-state index in [0.717, 1.165) is 38.6 Å². The van der Waals surface area contributed by atoms with Crippen LogP contribution in [-0.4, -0.2) is 50.3 Å². The standard InChI is InChI=1S/C21H36N4O/c1-18(2)26-15-7-12-23-21(22-3)24-16-19-8-10-20(11-9-19)17-25-13-5-4-6-14-25/h8-11,18H,4-7,12-17H2,1-3H3,(H2,22,23,24). The highest BCUT2D eigenvalue weighted by atomic mass is 16.5. The summed E-state index contributed by atoms with van der Waals surface area (Å²) in [5.41, 5.74) is 2.68. The summed E-state index contributed by atoms with van der Waals surface area (Å²) in [6, 6.07) is 8.95. The monoisotopic (exact) mass is 360 g/mol. The van der Waals surface area contributed by atoms with Gasteiger partial charge >= 0.3 is 0 Å². The number of ether oxygens (including phenoxy) is 1. The van der Waals surface area contributed by atoms with Crippen LogP contribution < -0.4 is 10.6 Å². The van der Waals surface area contributed by atoms with Crippen molar-refractivity contribution in [3.05, 3.63) is 35.4 Å². The maximum Gasteiger partial charge on any atom is 0.191 e. The first kappa shape index (κ1) is 20.7. The van der Waals surface area contributed by atoms with Gasteiger partial charge in [-0.25, -0.2) is 0 Å². The van der Waals surface area contributed by atoms with Crippen LogP contribution in [0.4, 0.5) is 0 Å². The number of rotatable bonds is 9. The minimum absolute atomic E-state index is 0.297. The van der Waals surface area contributed by atoms with Crippen LogP contribution in [0.1, 0.15) is 50.7 Å². The van der Waals surface area contributed by atoms with E-state index >= 15 is 0 Å². The van der Waals surface area contributed by atoms with Gasteiger partial charge in [0.1, 0.15) is 0 Å². The molecule has 1 aromatic rings. The van der Waals surface area contributed by atoms with Gasteiger partial charge in [-0.1, -0.05) is 30.7 Å². The van der Waals surface area contributed by atoms with Crippen LogP contribution in [-0.2, 0) is 17.8 Å². The molecule has 2 rings (SSSR count). The summed E-state index contributed by atoms with van der Waals surface area (Å²) in [6.07, 6.45) is 5.35. The smallest absolute Gasteiger partial charge is 0.191 e. The van der Waals surface area contributed by atoms with Crippen LogP contribution >= 0.6 is 0 Å². The van der Waals surface area contributed by atoms with E-state index in [4.69, 9.17) is 4.74 Å². The molecule has 0 radical (unpaired) electrons. The molecule has 0 amide bonds. The van der Waals surface area contributed by atoms with Crippen LogP contribution in [0.15, 0.2) is 29.3 Å². The van der Waals surface area contributed by atoms with E-state index in [1.165, 1.54) is 43.5 Å². The average Bonchev–Trinajstić information content (AvgIpc) is 2.66. The Kier molecular flexibility index (Phi) is 9.50. The molecular weight excluding hydrogens is 324 g/mol. The van der Waals surface area contributed by atoms with Crippen molar-refractivity contribution in [1.29, 1.82) is 0 Å². The van der Waals surface area contributed by atoms with Gasteiger partial charge in [0.15, 0.2) is 5.96 Å². The van der Waals surface area contributed by atoms with Gasteiger partial charge in [-0.2, -0.15) is 0 Å². The fraction of sp³-hybridized carbons (Fsp3) is 0.667. The molecule has 5 heteroatoms. The highest BCUT2D eigenvalue weighted by Crippen LogP contribution is 2.13. The molecule has 1 aliphatic rings. The van der Waals surface area contributed by atoms with Crippen LogP contribution in [0.5, 0.6) is 0 Å². The lowest BCUT2D eigenvalue weighted by atomic mass is 10.1. The molecule has 146 valence electrons. The van der Waals surface area contributed by atoms with E-state index < -0.39 is 0 Å². The van der Waals surface area contributed by atoms with Crippen LogP contribution in [0.25, 0.3) is 0 Å². The second-order valence-corrected chi connectivity index (χ2v) is 7.28. The molecule has 1 saturated heterocycles. The SMILES string of the molecule is CN=C(NCCCOC(C)C)NCc1ccc(CN2CCCCC2)cc1. The second kappa shape index (κ2) is 11.9. The molecule has 2 N–H and O–H groups in total. The first-order valence-corrected chi connectivity index (χ1v) is 10.0. The maximum absolute atomic E-state index is 5.55. The lowest BCUT2D eigenvalue weighted by molar-refractivity contribution is 0.0776. The van der Waals surface area contributed by atoms with E-state index in [9.17, 15) is 0 Å². The normalized spacial score (nSPS) is 16.1. The van der Waals surface area contributed by atoms with Crippen LogP contribution in [0, 0.1) is 0 Å². The Morgan fingerprint density at radius 3 is 2.42 bits per heavy atom. The van der Waals surface area contributed by atoms with Crippen molar-refractivity contribution in [3.8, 4) is 0 Å². The van der Waals surface area contributed by atoms with E-state index in [0.29, 0.717) is 6.10 Å². The average molecular weight is 361 g/mol. The molecule has 0 spiro atoms. The zero-order valence-electron chi connectivity index (χ0n) is 16.8. The van der Waals surface area contributed by atoms with Gasteiger partial charge in [-0.15, -0.1) is 0 Å². The van der Waals surface area contributed by atoms with Crippen molar-refractivity contribution in [2.75, 3.05) is 33.3 Å². The quantitative estimate of drug-likeness (QED) is 0.403. The Balaban J connectivity index is 1.67. The first-order chi connectivity index (χ1) is 12.7. The third-order valence-electron chi connectivity index (χ3n) is 4.63. The molecule has 1 fully saturated rings. The summed E-state index contributed by atoms with van der Waals surface area (Å²) in [4.78, 5) is 6.84. The van der Waals surface area contributed by atoms with Crippen molar-refractivity contribution in [2.24, 2.45) is 4.99 Å². The minimum atomic E-state index is 0.297. The molecule has 0 saturated carbocycles. The zero-order valence-corrected chi connectivity index (χ0v) is 16.8. The van der Waals surface area contributed by atoms with E-state index in [1.807, 2.05) is 7.05 Å². The zero-order chi connectivity index (χ0) is 18.6. The lowest BCUT2D eigenvalue weighted by Gasteiger charge is -2.26. The summed E-state index contributed by atoms with van der Waals surface area (Å²) < 4.78 is 5.55. The number of piperidine rings is 1. The summed E-state index contributed by atoms with van der Waals surface area (Å²) in [6.45, 7) is 10.1. The van der Waals surface area contributed by atoms with E-state index in [2.05, 4.69) is 58.6 Å². The predicted molar refractivity (Wildman–Crippen MR) is 109 cm³/mol. The Bertz CT molecular complexity index is 521. The number of aliphatic imine (C=N–C) groups is 1. The number of nitrogens with zero attached hydrogens (tertiary/aromatic N) is 2. The molecule has 1 aromatic carbocycles. The number of hydrogen-bond acceptors (Lipinski definition) is 3. The number of likely N-dealkylation sites (tertiary alicyclic amines) is 1. The second-order valence-electron chi connectivity index (χ2n) is 7.28. The molecule has 26 heavy (non-hydrogen) atoms. The van der Waals surface area contributed by atoms with Crippen molar-refractivity contribution >= 4 is 5.96 Å². The molecule has 1 aliphatic heterocycles. The van der Waals surface area contributed by atoms with Crippen molar-refractivity contribution in [2.45, 2.75) is 58.7 Å². The van der Waals surface area contributed by atoms with Gasteiger partial charge in [0.2, 0.25) is 0 Å². The van der Waals surface area contributed by atoms with Gasteiger partial charge in [0, 0.05) is 33.3 Å². The maximum atomic E-state index is 5.55. The van der Waals surface area contributed by atoms with Crippen molar-refractivity contribution < 1.29 is 4.74 Å². The van der Waals surface area contributed by atoms with Gasteiger partial charge in [-0.3, -0.25) is 9.89 Å². The van der Waals surface area contributed by atoms with Crippen molar-refractivity contribution in [3.63, 3.8) is 0 Å². The Morgan fingerprint density at radius 1 is 1.08 bits per heavy atom. The predicted octanol–water partition coefficient (Wildman–Crippen LogP) is 3.15. The molecule has 1 heterocycles. The number of guanidine groups is 1. The Morgan fingerprint density at radius 2 is 1.77 bits per heavy atom. The molecule has 0 bridgehead atoms. The van der Waals surface area contributed by atoms with Crippen LogP contribution in [0.3, 0.4) is 0 Å². The summed E-state index contributed by atoms with van der Waals surface area (Å²) in [5, 5.41) is 6.71. The fourth-order valence-corrected chi connectivity index (χ4v) is 3.14. The summed E-state index contributed by atoms with van der Waals surface area (Å²) in [5.74, 6) is 0.840. The van der Waals surface area contributed by atoms with Gasteiger partial charge < -0.3 is 15.4 Å². The summed E-state index contributed by atoms with van der Waals surface area (Å²) >= 11 is 0. The van der Waals surface area contributed by atoms with Crippen LogP contribution in [0.2, 0.25) is 0 Å². The molecular formula is C21H36N4O. The molecule has 0 atom stereocenters. The highest BCUT2D eigenvalue weighted by Gasteiger charge is 2.10. The van der Waals surface area contributed by atoms with Gasteiger partial charge in [-0.05, 0) is 57.3 Å². The number of nitrogens with one attached hydrogen (secondary N) is 2. The van der Waals surface area contributed by atoms with Crippen molar-refractivity contribution in [1.82, 2.24) is 15.5 Å². The first-order valence-electron chi connectivity index (χ1n) is 10.0. The molecule has 0 unspecified atom stereocenters. The third-order valence-corrected chi connectivity index (χ3v) is 4.63. The molecule has 5 nitrogen and oxygen atoms in total. The summed E-state index contributed by atoms with van der Waals surface area (Å²) in [7, 11) is 1.81. The van der Waals surface area contributed by atoms with Gasteiger partial charge in [0.25, 0.3) is 0 Å². The number of hydrogen-bond donors (Lipinski definition) is 2. The Labute approximate surface area is 159 Å². The van der Waals surface area contributed by atoms with E-state index in [1.54, 1.807) is 0 Å². The van der Waals surface area contributed by atoms with Gasteiger partial charge in [0.05, 0.1) is 6.10 Å². The van der Waals surface area contributed by atoms with E-state index in [-0.39, 0.29) is 0 Å². The largest absolute Gasteiger partial charge is 0.379 e. The molecule has 0 aliphatic carbocycles. The number of benzene rings is 1. The topological polar surface area (TPSA) is 48.9 Å².